The second kappa shape index (κ2) is 9.28. The number of hydrogen-bond acceptors (Lipinski definition) is 4. The largest absolute Gasteiger partial charge is 0.346 e. The summed E-state index contributed by atoms with van der Waals surface area (Å²) in [6.45, 7) is 1.22. The van der Waals surface area contributed by atoms with Crippen molar-refractivity contribution in [2.24, 2.45) is 0 Å². The standard InChI is InChI=1S/C25H21F2N3O3/c1-15-10-23(32)24(29-30(15)18-7-3-2-4-8-18)25(33)28-14-20-21(26)12-17(13-22(20)27)16-6-5-9-19(31)11-16/h2-4,7-8,10-13H,5-6,9,14H2,1H3,(H,28,33). The molecule has 2 aromatic carbocycles. The van der Waals surface area contributed by atoms with Crippen LogP contribution in [0.1, 0.15) is 46.6 Å². The molecule has 6 nitrogen and oxygen atoms in total. The molecule has 1 N–H and O–H groups in total. The summed E-state index contributed by atoms with van der Waals surface area (Å²) in [4.78, 5) is 36.6. The Labute approximate surface area is 188 Å². The van der Waals surface area contributed by atoms with Crippen LogP contribution in [-0.2, 0) is 11.3 Å². The molecule has 1 aliphatic carbocycles. The first-order valence-corrected chi connectivity index (χ1v) is 10.5. The van der Waals surface area contributed by atoms with Crippen molar-refractivity contribution < 1.29 is 18.4 Å². The summed E-state index contributed by atoms with van der Waals surface area (Å²) in [5, 5.41) is 6.53. The molecule has 8 heteroatoms. The molecule has 3 aromatic rings. The van der Waals surface area contributed by atoms with Crippen molar-refractivity contribution in [1.29, 1.82) is 0 Å². The lowest BCUT2D eigenvalue weighted by Gasteiger charge is -2.15. The number of ketones is 1. The molecular weight excluding hydrogens is 428 g/mol. The van der Waals surface area contributed by atoms with Crippen LogP contribution < -0.4 is 10.7 Å². The van der Waals surface area contributed by atoms with Gasteiger partial charge >= 0.3 is 0 Å². The number of carbonyl (C=O) groups excluding carboxylic acids is 2. The van der Waals surface area contributed by atoms with Crippen LogP contribution in [0.25, 0.3) is 11.3 Å². The Bertz CT molecular complexity index is 1310. The lowest BCUT2D eigenvalue weighted by molar-refractivity contribution is -0.114. The fourth-order valence-electron chi connectivity index (χ4n) is 3.76. The van der Waals surface area contributed by atoms with Crippen molar-refractivity contribution in [3.63, 3.8) is 0 Å². The first kappa shape index (κ1) is 22.3. The fraction of sp³-hybridized carbons (Fsp3) is 0.200. The van der Waals surface area contributed by atoms with E-state index in [1.54, 1.807) is 31.2 Å². The number of benzene rings is 2. The molecule has 0 saturated heterocycles. The lowest BCUT2D eigenvalue weighted by atomic mass is 9.92. The van der Waals surface area contributed by atoms with Gasteiger partial charge in [-0.1, -0.05) is 18.2 Å². The first-order chi connectivity index (χ1) is 15.8. The lowest BCUT2D eigenvalue weighted by Crippen LogP contribution is -2.32. The highest BCUT2D eigenvalue weighted by molar-refractivity contribution is 5.98. The third kappa shape index (κ3) is 4.79. The van der Waals surface area contributed by atoms with Crippen LogP contribution in [0.2, 0.25) is 0 Å². The Morgan fingerprint density at radius 2 is 1.76 bits per heavy atom. The van der Waals surface area contributed by atoms with E-state index in [1.807, 2.05) is 6.07 Å². The zero-order valence-electron chi connectivity index (χ0n) is 17.9. The number of allylic oxidation sites excluding steroid dienone is 2. The Morgan fingerprint density at radius 3 is 2.42 bits per heavy atom. The molecule has 0 atom stereocenters. The molecule has 0 fully saturated rings. The Hall–Kier alpha value is -3.94. The number of nitrogens with zero attached hydrogens (tertiary/aromatic N) is 2. The van der Waals surface area contributed by atoms with Crippen LogP contribution in [0.15, 0.2) is 59.4 Å². The highest BCUT2D eigenvalue weighted by Gasteiger charge is 2.19. The smallest absolute Gasteiger partial charge is 0.276 e. The maximum absolute atomic E-state index is 14.6. The van der Waals surface area contributed by atoms with Crippen LogP contribution >= 0.6 is 0 Å². The molecule has 0 bridgehead atoms. The van der Waals surface area contributed by atoms with Gasteiger partial charge in [0.15, 0.2) is 11.5 Å². The molecule has 1 amide bonds. The number of para-hydroxylation sites is 1. The summed E-state index contributed by atoms with van der Waals surface area (Å²) in [6.07, 6.45) is 3.04. The average Bonchev–Trinajstić information content (AvgIpc) is 2.79. The van der Waals surface area contributed by atoms with Crippen molar-refractivity contribution in [2.45, 2.75) is 32.7 Å². The van der Waals surface area contributed by atoms with Crippen LogP contribution in [-0.4, -0.2) is 21.5 Å². The van der Waals surface area contributed by atoms with Gasteiger partial charge in [-0.15, -0.1) is 0 Å². The van der Waals surface area contributed by atoms with Crippen molar-refractivity contribution in [2.75, 3.05) is 0 Å². The van der Waals surface area contributed by atoms with Gasteiger partial charge in [0.1, 0.15) is 11.6 Å². The van der Waals surface area contributed by atoms with E-state index >= 15 is 0 Å². The molecule has 33 heavy (non-hydrogen) atoms. The zero-order chi connectivity index (χ0) is 23.5. The van der Waals surface area contributed by atoms with Gasteiger partial charge in [0.2, 0.25) is 5.43 Å². The van der Waals surface area contributed by atoms with Crippen molar-refractivity contribution in [3.05, 3.63) is 99.0 Å². The van der Waals surface area contributed by atoms with E-state index < -0.39 is 29.5 Å². The predicted octanol–water partition coefficient (Wildman–Crippen LogP) is 3.89. The van der Waals surface area contributed by atoms with E-state index in [2.05, 4.69) is 10.4 Å². The van der Waals surface area contributed by atoms with Gasteiger partial charge < -0.3 is 5.32 Å². The Balaban J connectivity index is 1.56. The molecule has 1 heterocycles. The van der Waals surface area contributed by atoms with E-state index in [-0.39, 0.29) is 17.0 Å². The van der Waals surface area contributed by atoms with Crippen LogP contribution in [0.4, 0.5) is 8.78 Å². The van der Waals surface area contributed by atoms with E-state index in [0.29, 0.717) is 41.8 Å². The molecule has 0 unspecified atom stereocenters. The summed E-state index contributed by atoms with van der Waals surface area (Å²) in [5.74, 6) is -2.60. The quantitative estimate of drug-likeness (QED) is 0.641. The molecular formula is C25H21F2N3O3. The van der Waals surface area contributed by atoms with Gasteiger partial charge in [-0.3, -0.25) is 14.4 Å². The number of aromatic nitrogens is 2. The molecule has 0 spiro atoms. The number of halogens is 2. The minimum absolute atomic E-state index is 0.0693. The number of nitrogens with one attached hydrogen (secondary N) is 1. The second-order valence-corrected chi connectivity index (χ2v) is 7.84. The van der Waals surface area contributed by atoms with Crippen molar-refractivity contribution in [1.82, 2.24) is 15.1 Å². The molecule has 1 aromatic heterocycles. The van der Waals surface area contributed by atoms with Crippen molar-refractivity contribution in [3.8, 4) is 5.69 Å². The molecule has 1 aliphatic rings. The average molecular weight is 449 g/mol. The van der Waals surface area contributed by atoms with Gasteiger partial charge in [-0.05, 0) is 61.2 Å². The van der Waals surface area contributed by atoms with Crippen LogP contribution in [0.5, 0.6) is 0 Å². The second-order valence-electron chi connectivity index (χ2n) is 7.84. The van der Waals surface area contributed by atoms with Gasteiger partial charge in [-0.25, -0.2) is 13.5 Å². The summed E-state index contributed by atoms with van der Waals surface area (Å²) < 4.78 is 30.7. The van der Waals surface area contributed by atoms with Gasteiger partial charge in [-0.2, -0.15) is 5.10 Å². The first-order valence-electron chi connectivity index (χ1n) is 10.5. The van der Waals surface area contributed by atoms with E-state index in [1.165, 1.54) is 16.8 Å². The highest BCUT2D eigenvalue weighted by atomic mass is 19.1. The van der Waals surface area contributed by atoms with E-state index in [9.17, 15) is 23.2 Å². The Kier molecular flexibility index (Phi) is 6.26. The SMILES string of the molecule is Cc1cc(=O)c(C(=O)NCc2c(F)cc(C3=CC(=O)CCC3)cc2F)nn1-c1ccccc1. The molecule has 4 rings (SSSR count). The fourth-order valence-corrected chi connectivity index (χ4v) is 3.76. The van der Waals surface area contributed by atoms with Gasteiger partial charge in [0, 0.05) is 30.3 Å². The third-order valence-corrected chi connectivity index (χ3v) is 5.47. The summed E-state index contributed by atoms with van der Waals surface area (Å²) >= 11 is 0. The summed E-state index contributed by atoms with van der Waals surface area (Å²) in [6, 6.07) is 12.5. The molecule has 168 valence electrons. The number of carbonyl (C=O) groups is 2. The predicted molar refractivity (Wildman–Crippen MR) is 119 cm³/mol. The monoisotopic (exact) mass is 449 g/mol. The van der Waals surface area contributed by atoms with Gasteiger partial charge in [0.25, 0.3) is 5.91 Å². The molecule has 0 saturated carbocycles. The van der Waals surface area contributed by atoms with E-state index in [4.69, 9.17) is 0 Å². The van der Waals surface area contributed by atoms with Crippen LogP contribution in [0.3, 0.4) is 0 Å². The summed E-state index contributed by atoms with van der Waals surface area (Å²) in [7, 11) is 0. The van der Waals surface area contributed by atoms with Gasteiger partial charge in [0.05, 0.1) is 5.69 Å². The van der Waals surface area contributed by atoms with E-state index in [0.717, 1.165) is 12.1 Å². The number of aryl methyl sites for hydroxylation is 1. The third-order valence-electron chi connectivity index (χ3n) is 5.47. The Morgan fingerprint density at radius 1 is 1.06 bits per heavy atom. The molecule has 0 radical (unpaired) electrons. The zero-order valence-corrected chi connectivity index (χ0v) is 17.9. The minimum atomic E-state index is -0.845. The highest BCUT2D eigenvalue weighted by Crippen LogP contribution is 2.28. The summed E-state index contributed by atoms with van der Waals surface area (Å²) in [5.41, 5.74) is 0.766. The van der Waals surface area contributed by atoms with Crippen molar-refractivity contribution >= 4 is 17.3 Å². The maximum Gasteiger partial charge on any atom is 0.276 e. The molecule has 0 aliphatic heterocycles. The van der Waals surface area contributed by atoms with Crippen LogP contribution in [0, 0.1) is 18.6 Å². The maximum atomic E-state index is 14.6. The number of amides is 1. The normalized spacial score (nSPS) is 13.5. The number of hydrogen-bond donors (Lipinski definition) is 1. The topological polar surface area (TPSA) is 81.1 Å². The number of rotatable bonds is 5. The minimum Gasteiger partial charge on any atom is -0.346 e.